The summed E-state index contributed by atoms with van der Waals surface area (Å²) in [4.78, 5) is 22.4. The van der Waals surface area contributed by atoms with Crippen LogP contribution in [0, 0.1) is 17.0 Å². The number of hydrogen-bond acceptors (Lipinski definition) is 5. The molecule has 0 N–H and O–H groups in total. The average molecular weight is 301 g/mol. The summed E-state index contributed by atoms with van der Waals surface area (Å²) in [6.45, 7) is 1.89. The van der Waals surface area contributed by atoms with Gasteiger partial charge in [0.1, 0.15) is 17.9 Å². The van der Waals surface area contributed by atoms with E-state index < -0.39 is 10.9 Å². The number of hydrogen-bond donors (Lipinski definition) is 0. The number of nitrogens with zero attached hydrogens (tertiary/aromatic N) is 1. The maximum absolute atomic E-state index is 12.1. The van der Waals surface area contributed by atoms with Crippen molar-refractivity contribution in [2.24, 2.45) is 0 Å². The lowest BCUT2D eigenvalue weighted by molar-refractivity contribution is -0.385. The van der Waals surface area contributed by atoms with E-state index in [1.807, 2.05) is 19.1 Å². The number of nitro groups is 1. The van der Waals surface area contributed by atoms with Crippen LogP contribution in [0.1, 0.15) is 21.5 Å². The normalized spacial score (nSPS) is 10.1. The quantitative estimate of drug-likeness (QED) is 0.481. The predicted molar refractivity (Wildman–Crippen MR) is 79.9 cm³/mol. The standard InChI is InChI=1S/C16H15NO5/c1-11-7-8-15(21-2)12(9-11)10-22-16(18)13-5-3-4-6-14(13)17(19)20/h3-9H,10H2,1-2H3. The molecule has 6 nitrogen and oxygen atoms in total. The van der Waals surface area contributed by atoms with Gasteiger partial charge >= 0.3 is 5.97 Å². The van der Waals surface area contributed by atoms with Crippen molar-refractivity contribution in [3.63, 3.8) is 0 Å². The van der Waals surface area contributed by atoms with E-state index >= 15 is 0 Å². The molecule has 114 valence electrons. The Labute approximate surface area is 127 Å². The molecular weight excluding hydrogens is 286 g/mol. The van der Waals surface area contributed by atoms with Crippen molar-refractivity contribution >= 4 is 11.7 Å². The molecule has 0 spiro atoms. The minimum absolute atomic E-state index is 0.0181. The van der Waals surface area contributed by atoms with Gasteiger partial charge in [0.2, 0.25) is 0 Å². The molecule has 0 heterocycles. The molecule has 0 aliphatic rings. The van der Waals surface area contributed by atoms with Gasteiger partial charge in [0.15, 0.2) is 0 Å². The number of benzene rings is 2. The molecule has 0 unspecified atom stereocenters. The average Bonchev–Trinajstić information content (AvgIpc) is 2.52. The van der Waals surface area contributed by atoms with E-state index in [1.165, 1.54) is 25.3 Å². The molecular formula is C16H15NO5. The first-order valence-corrected chi connectivity index (χ1v) is 6.57. The highest BCUT2D eigenvalue weighted by molar-refractivity contribution is 5.93. The van der Waals surface area contributed by atoms with Gasteiger partial charge in [-0.2, -0.15) is 0 Å². The first-order valence-electron chi connectivity index (χ1n) is 6.57. The molecule has 0 amide bonds. The van der Waals surface area contributed by atoms with Crippen LogP contribution in [0.3, 0.4) is 0 Å². The van der Waals surface area contributed by atoms with E-state index in [1.54, 1.807) is 12.1 Å². The zero-order valence-corrected chi connectivity index (χ0v) is 12.2. The fraction of sp³-hybridized carbons (Fsp3) is 0.188. The number of ether oxygens (including phenoxy) is 2. The molecule has 0 aliphatic carbocycles. The zero-order valence-electron chi connectivity index (χ0n) is 12.2. The lowest BCUT2D eigenvalue weighted by Crippen LogP contribution is -2.08. The van der Waals surface area contributed by atoms with Crippen molar-refractivity contribution in [3.8, 4) is 5.75 Å². The fourth-order valence-corrected chi connectivity index (χ4v) is 2.05. The molecule has 22 heavy (non-hydrogen) atoms. The molecule has 0 bridgehead atoms. The number of carbonyl (C=O) groups excluding carboxylic acids is 1. The Hall–Kier alpha value is -2.89. The highest BCUT2D eigenvalue weighted by atomic mass is 16.6. The lowest BCUT2D eigenvalue weighted by Gasteiger charge is -2.10. The summed E-state index contributed by atoms with van der Waals surface area (Å²) in [6.07, 6.45) is 0. The van der Waals surface area contributed by atoms with Gasteiger partial charge in [-0.1, -0.05) is 23.8 Å². The minimum Gasteiger partial charge on any atom is -0.496 e. The molecule has 0 radical (unpaired) electrons. The Kier molecular flexibility index (Phi) is 4.73. The molecule has 0 atom stereocenters. The monoisotopic (exact) mass is 301 g/mol. The van der Waals surface area contributed by atoms with Crippen LogP contribution in [0.2, 0.25) is 0 Å². The zero-order chi connectivity index (χ0) is 16.1. The first kappa shape index (κ1) is 15.5. The highest BCUT2D eigenvalue weighted by Gasteiger charge is 2.20. The summed E-state index contributed by atoms with van der Waals surface area (Å²) in [5, 5.41) is 10.9. The topological polar surface area (TPSA) is 78.7 Å². The van der Waals surface area contributed by atoms with Crippen LogP contribution in [0.5, 0.6) is 5.75 Å². The van der Waals surface area contributed by atoms with Crippen LogP contribution < -0.4 is 4.74 Å². The second-order valence-corrected chi connectivity index (χ2v) is 4.67. The Morgan fingerprint density at radius 2 is 1.95 bits per heavy atom. The number of methoxy groups -OCH3 is 1. The van der Waals surface area contributed by atoms with Gasteiger partial charge in [-0.25, -0.2) is 4.79 Å². The third-order valence-corrected chi connectivity index (χ3v) is 3.12. The maximum atomic E-state index is 12.1. The molecule has 0 saturated carbocycles. The summed E-state index contributed by atoms with van der Waals surface area (Å²) in [6, 6.07) is 11.2. The largest absolute Gasteiger partial charge is 0.496 e. The molecule has 2 rings (SSSR count). The second-order valence-electron chi connectivity index (χ2n) is 4.67. The summed E-state index contributed by atoms with van der Waals surface area (Å²) in [7, 11) is 1.53. The number of aryl methyl sites for hydroxylation is 1. The molecule has 6 heteroatoms. The van der Waals surface area contributed by atoms with Crippen molar-refractivity contribution in [2.45, 2.75) is 13.5 Å². The van der Waals surface area contributed by atoms with E-state index in [2.05, 4.69) is 0 Å². The maximum Gasteiger partial charge on any atom is 0.345 e. The summed E-state index contributed by atoms with van der Waals surface area (Å²) < 4.78 is 10.4. The van der Waals surface area contributed by atoms with E-state index in [-0.39, 0.29) is 17.9 Å². The van der Waals surface area contributed by atoms with Gasteiger partial charge in [-0.3, -0.25) is 10.1 Å². The highest BCUT2D eigenvalue weighted by Crippen LogP contribution is 2.23. The molecule has 0 saturated heterocycles. The van der Waals surface area contributed by atoms with Crippen LogP contribution in [0.4, 0.5) is 5.69 Å². The summed E-state index contributed by atoms with van der Waals surface area (Å²) in [5.41, 5.74) is 1.36. The van der Waals surface area contributed by atoms with Gasteiger partial charge in [0, 0.05) is 11.6 Å². The molecule has 2 aromatic carbocycles. The SMILES string of the molecule is COc1ccc(C)cc1COC(=O)c1ccccc1[N+](=O)[O-]. The van der Waals surface area contributed by atoms with Crippen LogP contribution >= 0.6 is 0 Å². The smallest absolute Gasteiger partial charge is 0.345 e. The molecule has 0 aromatic heterocycles. The van der Waals surface area contributed by atoms with Gasteiger partial charge in [0.25, 0.3) is 5.69 Å². The van der Waals surface area contributed by atoms with Gasteiger partial charge in [-0.05, 0) is 25.1 Å². The van der Waals surface area contributed by atoms with E-state index in [9.17, 15) is 14.9 Å². The van der Waals surface area contributed by atoms with E-state index in [0.29, 0.717) is 11.3 Å². The number of rotatable bonds is 5. The molecule has 2 aromatic rings. The number of esters is 1. The van der Waals surface area contributed by atoms with Crippen LogP contribution in [0.25, 0.3) is 0 Å². The van der Waals surface area contributed by atoms with Crippen molar-refractivity contribution < 1.29 is 19.2 Å². The van der Waals surface area contributed by atoms with Crippen molar-refractivity contribution in [3.05, 3.63) is 69.3 Å². The third-order valence-electron chi connectivity index (χ3n) is 3.12. The van der Waals surface area contributed by atoms with Crippen molar-refractivity contribution in [1.82, 2.24) is 0 Å². The van der Waals surface area contributed by atoms with Crippen LogP contribution in [0.15, 0.2) is 42.5 Å². The number of nitro benzene ring substituents is 1. The summed E-state index contributed by atoms with van der Waals surface area (Å²) >= 11 is 0. The van der Waals surface area contributed by atoms with E-state index in [0.717, 1.165) is 5.56 Å². The predicted octanol–water partition coefficient (Wildman–Crippen LogP) is 3.27. The number of carbonyl (C=O) groups is 1. The lowest BCUT2D eigenvalue weighted by atomic mass is 10.1. The third kappa shape index (κ3) is 3.41. The Morgan fingerprint density at radius 1 is 1.23 bits per heavy atom. The van der Waals surface area contributed by atoms with Crippen molar-refractivity contribution in [1.29, 1.82) is 0 Å². The van der Waals surface area contributed by atoms with Gasteiger partial charge in [0.05, 0.1) is 12.0 Å². The van der Waals surface area contributed by atoms with Gasteiger partial charge < -0.3 is 9.47 Å². The Bertz CT molecular complexity index is 711. The number of para-hydroxylation sites is 1. The van der Waals surface area contributed by atoms with Crippen LogP contribution in [-0.2, 0) is 11.3 Å². The van der Waals surface area contributed by atoms with Crippen LogP contribution in [-0.4, -0.2) is 18.0 Å². The van der Waals surface area contributed by atoms with E-state index in [4.69, 9.17) is 9.47 Å². The Balaban J connectivity index is 2.17. The summed E-state index contributed by atoms with van der Waals surface area (Å²) in [5.74, 6) is -0.142. The minimum atomic E-state index is -0.740. The second kappa shape index (κ2) is 6.71. The van der Waals surface area contributed by atoms with Crippen molar-refractivity contribution in [2.75, 3.05) is 7.11 Å². The fourth-order valence-electron chi connectivity index (χ4n) is 2.05. The first-order chi connectivity index (χ1) is 10.5. The molecule has 0 aliphatic heterocycles. The Morgan fingerprint density at radius 3 is 2.64 bits per heavy atom. The van der Waals surface area contributed by atoms with Gasteiger partial charge in [-0.15, -0.1) is 0 Å². The molecule has 0 fully saturated rings.